The van der Waals surface area contributed by atoms with E-state index in [0.717, 1.165) is 18.2 Å². The summed E-state index contributed by atoms with van der Waals surface area (Å²) in [5.74, 6) is 0.459. The smallest absolute Gasteiger partial charge is 0.163 e. The fourth-order valence-electron chi connectivity index (χ4n) is 1.82. The number of ether oxygens (including phenoxy) is 1. The SMILES string of the molecule is CC(=O)c1ccc(OCCCCCCCBr)cc1O. The van der Waals surface area contributed by atoms with E-state index in [1.165, 1.54) is 32.3 Å². The topological polar surface area (TPSA) is 46.5 Å². The number of phenols is 1. The van der Waals surface area contributed by atoms with Crippen LogP contribution in [0.1, 0.15) is 49.4 Å². The molecular formula is C15H21BrO3. The van der Waals surface area contributed by atoms with Crippen LogP contribution in [-0.2, 0) is 0 Å². The van der Waals surface area contributed by atoms with E-state index in [1.807, 2.05) is 0 Å². The zero-order chi connectivity index (χ0) is 14.1. The third-order valence-corrected chi connectivity index (χ3v) is 3.46. The molecule has 0 aliphatic rings. The number of carbonyl (C=O) groups is 1. The highest BCUT2D eigenvalue weighted by atomic mass is 79.9. The zero-order valence-corrected chi connectivity index (χ0v) is 12.9. The van der Waals surface area contributed by atoms with E-state index in [1.54, 1.807) is 12.1 Å². The van der Waals surface area contributed by atoms with Gasteiger partial charge in [0.25, 0.3) is 0 Å². The number of benzene rings is 1. The minimum Gasteiger partial charge on any atom is -0.507 e. The van der Waals surface area contributed by atoms with Gasteiger partial charge in [-0.05, 0) is 31.9 Å². The van der Waals surface area contributed by atoms with E-state index in [0.29, 0.717) is 17.9 Å². The molecule has 0 radical (unpaired) electrons. The second-order valence-electron chi connectivity index (χ2n) is 4.54. The van der Waals surface area contributed by atoms with Gasteiger partial charge in [-0.1, -0.05) is 35.2 Å². The number of ketones is 1. The lowest BCUT2D eigenvalue weighted by Crippen LogP contribution is -1.99. The Morgan fingerprint density at radius 1 is 1.21 bits per heavy atom. The van der Waals surface area contributed by atoms with E-state index in [-0.39, 0.29) is 11.5 Å². The molecule has 0 saturated heterocycles. The maximum Gasteiger partial charge on any atom is 0.163 e. The van der Waals surface area contributed by atoms with E-state index in [2.05, 4.69) is 15.9 Å². The highest BCUT2D eigenvalue weighted by molar-refractivity contribution is 9.09. The molecule has 0 saturated carbocycles. The van der Waals surface area contributed by atoms with Gasteiger partial charge in [0.1, 0.15) is 11.5 Å². The van der Waals surface area contributed by atoms with Crippen LogP contribution in [0.2, 0.25) is 0 Å². The summed E-state index contributed by atoms with van der Waals surface area (Å²) in [5, 5.41) is 10.7. The lowest BCUT2D eigenvalue weighted by atomic mass is 10.1. The molecule has 1 N–H and O–H groups in total. The Balaban J connectivity index is 2.26. The first kappa shape index (κ1) is 16.0. The fourth-order valence-corrected chi connectivity index (χ4v) is 2.21. The summed E-state index contributed by atoms with van der Waals surface area (Å²) in [5.41, 5.74) is 0.335. The van der Waals surface area contributed by atoms with Gasteiger partial charge in [-0.3, -0.25) is 4.79 Å². The molecule has 0 aliphatic heterocycles. The maximum absolute atomic E-state index is 11.2. The number of rotatable bonds is 9. The van der Waals surface area contributed by atoms with Crippen LogP contribution in [0.4, 0.5) is 0 Å². The predicted molar refractivity (Wildman–Crippen MR) is 80.5 cm³/mol. The summed E-state index contributed by atoms with van der Waals surface area (Å²) in [4.78, 5) is 11.2. The van der Waals surface area contributed by atoms with Crippen molar-refractivity contribution in [3.05, 3.63) is 23.8 Å². The Morgan fingerprint density at radius 3 is 2.53 bits per heavy atom. The Hall–Kier alpha value is -1.03. The van der Waals surface area contributed by atoms with Crippen LogP contribution in [0.15, 0.2) is 18.2 Å². The van der Waals surface area contributed by atoms with Crippen molar-refractivity contribution in [1.29, 1.82) is 0 Å². The number of Topliss-reactive ketones (excluding diaryl/α,β-unsaturated/α-hetero) is 1. The second kappa shape index (κ2) is 8.97. The molecule has 3 nitrogen and oxygen atoms in total. The summed E-state index contributed by atoms with van der Waals surface area (Å²) in [6.07, 6.45) is 5.87. The number of halogens is 1. The van der Waals surface area contributed by atoms with Gasteiger partial charge in [0.2, 0.25) is 0 Å². The first-order valence-electron chi connectivity index (χ1n) is 6.68. The molecule has 0 atom stereocenters. The van der Waals surface area contributed by atoms with Gasteiger partial charge in [0, 0.05) is 11.4 Å². The molecule has 0 aliphatic carbocycles. The number of aromatic hydroxyl groups is 1. The Labute approximate surface area is 123 Å². The molecule has 106 valence electrons. The van der Waals surface area contributed by atoms with Crippen LogP contribution in [0.25, 0.3) is 0 Å². The fraction of sp³-hybridized carbons (Fsp3) is 0.533. The number of alkyl halides is 1. The van der Waals surface area contributed by atoms with Crippen LogP contribution in [0, 0.1) is 0 Å². The molecule has 0 spiro atoms. The van der Waals surface area contributed by atoms with Gasteiger partial charge in [0.15, 0.2) is 5.78 Å². The molecule has 0 fully saturated rings. The average Bonchev–Trinajstić information content (AvgIpc) is 2.37. The molecule has 19 heavy (non-hydrogen) atoms. The van der Waals surface area contributed by atoms with Crippen molar-refractivity contribution in [1.82, 2.24) is 0 Å². The van der Waals surface area contributed by atoms with E-state index in [9.17, 15) is 9.90 Å². The van der Waals surface area contributed by atoms with Gasteiger partial charge in [-0.15, -0.1) is 0 Å². The third-order valence-electron chi connectivity index (χ3n) is 2.90. The summed E-state index contributed by atoms with van der Waals surface area (Å²) < 4.78 is 5.55. The quantitative estimate of drug-likeness (QED) is 0.417. The minimum absolute atomic E-state index is 0.0117. The third kappa shape index (κ3) is 6.10. The molecule has 1 rings (SSSR count). The first-order chi connectivity index (χ1) is 9.15. The van der Waals surface area contributed by atoms with Crippen LogP contribution < -0.4 is 4.74 Å². The van der Waals surface area contributed by atoms with Crippen LogP contribution >= 0.6 is 15.9 Å². The van der Waals surface area contributed by atoms with Crippen molar-refractivity contribution < 1.29 is 14.6 Å². The lowest BCUT2D eigenvalue weighted by molar-refractivity contribution is 0.101. The standard InChI is InChI=1S/C15H21BrO3/c1-12(17)14-8-7-13(11-15(14)18)19-10-6-4-2-3-5-9-16/h7-8,11,18H,2-6,9-10H2,1H3. The summed E-state index contributed by atoms with van der Waals surface area (Å²) in [6.45, 7) is 2.08. The Bertz CT molecular complexity index is 404. The molecule has 0 unspecified atom stereocenters. The van der Waals surface area contributed by atoms with Gasteiger partial charge in [-0.25, -0.2) is 0 Å². The van der Waals surface area contributed by atoms with Crippen LogP contribution in [0.3, 0.4) is 0 Å². The summed E-state index contributed by atoms with van der Waals surface area (Å²) >= 11 is 3.41. The second-order valence-corrected chi connectivity index (χ2v) is 5.33. The van der Waals surface area contributed by atoms with Crippen molar-refractivity contribution in [2.75, 3.05) is 11.9 Å². The average molecular weight is 329 g/mol. The normalized spacial score (nSPS) is 10.4. The molecule has 0 heterocycles. The van der Waals surface area contributed by atoms with Gasteiger partial charge in [0.05, 0.1) is 12.2 Å². The number of carbonyl (C=O) groups excluding carboxylic acids is 1. The van der Waals surface area contributed by atoms with E-state index in [4.69, 9.17) is 4.74 Å². The number of unbranched alkanes of at least 4 members (excludes halogenated alkanes) is 4. The summed E-state index contributed by atoms with van der Waals surface area (Å²) in [7, 11) is 0. The van der Waals surface area contributed by atoms with Crippen molar-refractivity contribution >= 4 is 21.7 Å². The molecular weight excluding hydrogens is 308 g/mol. The van der Waals surface area contributed by atoms with E-state index >= 15 is 0 Å². The molecule has 0 aromatic heterocycles. The van der Waals surface area contributed by atoms with Crippen LogP contribution in [-0.4, -0.2) is 22.8 Å². The minimum atomic E-state index is -0.143. The largest absolute Gasteiger partial charge is 0.507 e. The number of phenolic OH excluding ortho intramolecular Hbond substituents is 1. The van der Waals surface area contributed by atoms with Crippen molar-refractivity contribution in [3.63, 3.8) is 0 Å². The number of hydrogen-bond acceptors (Lipinski definition) is 3. The lowest BCUT2D eigenvalue weighted by Gasteiger charge is -2.08. The zero-order valence-electron chi connectivity index (χ0n) is 11.3. The molecule has 0 bridgehead atoms. The van der Waals surface area contributed by atoms with Gasteiger partial charge < -0.3 is 9.84 Å². The van der Waals surface area contributed by atoms with Crippen molar-refractivity contribution in [3.8, 4) is 11.5 Å². The molecule has 1 aromatic rings. The highest BCUT2D eigenvalue weighted by Gasteiger charge is 2.07. The Morgan fingerprint density at radius 2 is 1.89 bits per heavy atom. The van der Waals surface area contributed by atoms with Crippen molar-refractivity contribution in [2.24, 2.45) is 0 Å². The molecule has 4 heteroatoms. The first-order valence-corrected chi connectivity index (χ1v) is 7.80. The summed E-state index contributed by atoms with van der Waals surface area (Å²) in [6, 6.07) is 4.83. The highest BCUT2D eigenvalue weighted by Crippen LogP contribution is 2.24. The monoisotopic (exact) mass is 328 g/mol. The number of hydrogen-bond donors (Lipinski definition) is 1. The Kier molecular flexibility index (Phi) is 7.56. The van der Waals surface area contributed by atoms with Crippen LogP contribution in [0.5, 0.6) is 11.5 Å². The molecule has 1 aromatic carbocycles. The van der Waals surface area contributed by atoms with E-state index < -0.39 is 0 Å². The van der Waals surface area contributed by atoms with Crippen molar-refractivity contribution in [2.45, 2.75) is 39.0 Å². The molecule has 0 amide bonds. The maximum atomic E-state index is 11.2. The van der Waals surface area contributed by atoms with Gasteiger partial charge >= 0.3 is 0 Å². The predicted octanol–water partition coefficient (Wildman–Crippen LogP) is 4.32. The van der Waals surface area contributed by atoms with Gasteiger partial charge in [-0.2, -0.15) is 0 Å².